The Labute approximate surface area is 116 Å². The first-order chi connectivity index (χ1) is 9.40. The molecule has 1 N–H and O–H groups in total. The maximum atomic E-state index is 12.1. The first kappa shape index (κ1) is 14.0. The maximum absolute atomic E-state index is 12.1. The van der Waals surface area contributed by atoms with Crippen molar-refractivity contribution in [3.63, 3.8) is 0 Å². The molecule has 0 atom stereocenters. The Balaban J connectivity index is 2.40. The molecule has 0 bridgehead atoms. The van der Waals surface area contributed by atoms with E-state index in [1.165, 1.54) is 10.6 Å². The number of carbonyl (C=O) groups is 1. The maximum Gasteiger partial charge on any atom is 0.341 e. The third kappa shape index (κ3) is 2.64. The molecule has 0 fully saturated rings. The van der Waals surface area contributed by atoms with Crippen LogP contribution in [-0.2, 0) is 6.54 Å². The van der Waals surface area contributed by atoms with Crippen LogP contribution < -0.4 is 5.56 Å². The summed E-state index contributed by atoms with van der Waals surface area (Å²) in [6.45, 7) is 6.07. The molecule has 2 rings (SSSR count). The van der Waals surface area contributed by atoms with E-state index >= 15 is 0 Å². The van der Waals surface area contributed by atoms with E-state index in [1.807, 2.05) is 26.1 Å². The lowest BCUT2D eigenvalue weighted by atomic mass is 10.2. The van der Waals surface area contributed by atoms with E-state index in [0.29, 0.717) is 5.69 Å². The zero-order chi connectivity index (χ0) is 14.9. The van der Waals surface area contributed by atoms with Crippen molar-refractivity contribution in [1.29, 1.82) is 0 Å². The number of hydrogen-bond acceptors (Lipinski definition) is 3. The van der Waals surface area contributed by atoms with Crippen LogP contribution >= 0.6 is 0 Å². The minimum absolute atomic E-state index is 0.223. The highest BCUT2D eigenvalue weighted by molar-refractivity contribution is 5.87. The Bertz CT molecular complexity index is 698. The quantitative estimate of drug-likeness (QED) is 0.921. The van der Waals surface area contributed by atoms with Crippen molar-refractivity contribution in [2.75, 3.05) is 0 Å². The molecule has 6 nitrogen and oxygen atoms in total. The molecule has 2 aromatic rings. The SMILES string of the molecule is Cc1ccc(C(=O)O)c(=O)n1Cc1ccn(C(C)C)n1. The molecule has 0 aromatic carbocycles. The van der Waals surface area contributed by atoms with E-state index in [0.717, 1.165) is 5.69 Å². The topological polar surface area (TPSA) is 77.1 Å². The second-order valence-corrected chi connectivity index (χ2v) is 4.97. The zero-order valence-corrected chi connectivity index (χ0v) is 11.7. The van der Waals surface area contributed by atoms with Gasteiger partial charge in [-0.3, -0.25) is 9.48 Å². The summed E-state index contributed by atoms with van der Waals surface area (Å²) in [7, 11) is 0. The monoisotopic (exact) mass is 275 g/mol. The molecule has 0 spiro atoms. The second kappa shape index (κ2) is 5.32. The average molecular weight is 275 g/mol. The highest BCUT2D eigenvalue weighted by atomic mass is 16.4. The number of aromatic carboxylic acids is 1. The van der Waals surface area contributed by atoms with Crippen molar-refractivity contribution in [3.05, 3.63) is 51.7 Å². The molecular formula is C14H17N3O3. The minimum atomic E-state index is -1.21. The van der Waals surface area contributed by atoms with E-state index in [1.54, 1.807) is 17.7 Å². The summed E-state index contributed by atoms with van der Waals surface area (Å²) in [5.41, 5.74) is 0.709. The molecule has 0 aliphatic heterocycles. The van der Waals surface area contributed by atoms with Crippen LogP contribution in [-0.4, -0.2) is 25.4 Å². The molecule has 0 saturated carbocycles. The van der Waals surface area contributed by atoms with E-state index < -0.39 is 11.5 Å². The van der Waals surface area contributed by atoms with Crippen LogP contribution in [0.4, 0.5) is 0 Å². The molecule has 2 heterocycles. The summed E-state index contributed by atoms with van der Waals surface area (Å²) >= 11 is 0. The van der Waals surface area contributed by atoms with E-state index in [-0.39, 0.29) is 18.2 Å². The van der Waals surface area contributed by atoms with Gasteiger partial charge in [-0.15, -0.1) is 0 Å². The molecule has 0 unspecified atom stereocenters. The number of carboxylic acid groups (broad SMARTS) is 1. The van der Waals surface area contributed by atoms with Crippen LogP contribution in [0.1, 0.15) is 41.6 Å². The third-order valence-corrected chi connectivity index (χ3v) is 3.14. The molecule has 106 valence electrons. The lowest BCUT2D eigenvalue weighted by Crippen LogP contribution is -2.28. The molecule has 6 heteroatoms. The molecule has 0 radical (unpaired) electrons. The fraction of sp³-hybridized carbons (Fsp3) is 0.357. The number of nitrogens with zero attached hydrogens (tertiary/aromatic N) is 3. The Morgan fingerprint density at radius 3 is 2.60 bits per heavy atom. The van der Waals surface area contributed by atoms with Crippen molar-refractivity contribution in [3.8, 4) is 0 Å². The van der Waals surface area contributed by atoms with Crippen LogP contribution in [0.25, 0.3) is 0 Å². The van der Waals surface area contributed by atoms with E-state index in [4.69, 9.17) is 5.11 Å². The van der Waals surface area contributed by atoms with Gasteiger partial charge in [-0.05, 0) is 39.0 Å². The van der Waals surface area contributed by atoms with Crippen LogP contribution in [0.2, 0.25) is 0 Å². The van der Waals surface area contributed by atoms with Crippen molar-refractivity contribution in [1.82, 2.24) is 14.3 Å². The van der Waals surface area contributed by atoms with Crippen LogP contribution in [0, 0.1) is 6.92 Å². The van der Waals surface area contributed by atoms with Gasteiger partial charge in [-0.25, -0.2) is 4.79 Å². The van der Waals surface area contributed by atoms with Crippen molar-refractivity contribution in [2.24, 2.45) is 0 Å². The first-order valence-corrected chi connectivity index (χ1v) is 6.38. The molecule has 0 amide bonds. The smallest absolute Gasteiger partial charge is 0.341 e. The van der Waals surface area contributed by atoms with Gasteiger partial charge in [-0.2, -0.15) is 5.10 Å². The lowest BCUT2D eigenvalue weighted by Gasteiger charge is -2.09. The second-order valence-electron chi connectivity index (χ2n) is 4.97. The highest BCUT2D eigenvalue weighted by Crippen LogP contribution is 2.07. The summed E-state index contributed by atoms with van der Waals surface area (Å²) < 4.78 is 3.23. The number of aromatic nitrogens is 3. The summed E-state index contributed by atoms with van der Waals surface area (Å²) in [6, 6.07) is 5.04. The van der Waals surface area contributed by atoms with Gasteiger partial charge in [0.05, 0.1) is 12.2 Å². The molecule has 0 aliphatic carbocycles. The number of pyridine rings is 1. The van der Waals surface area contributed by atoms with Crippen molar-refractivity contribution < 1.29 is 9.90 Å². The Morgan fingerprint density at radius 1 is 1.35 bits per heavy atom. The van der Waals surface area contributed by atoms with Crippen LogP contribution in [0.3, 0.4) is 0 Å². The first-order valence-electron chi connectivity index (χ1n) is 6.38. The molecular weight excluding hydrogens is 258 g/mol. The van der Waals surface area contributed by atoms with Gasteiger partial charge in [-0.1, -0.05) is 0 Å². The van der Waals surface area contributed by atoms with E-state index in [2.05, 4.69) is 5.10 Å². The molecule has 0 aliphatic rings. The van der Waals surface area contributed by atoms with Gasteiger partial charge in [0.1, 0.15) is 5.56 Å². The Kier molecular flexibility index (Phi) is 3.74. The number of rotatable bonds is 4. The minimum Gasteiger partial charge on any atom is -0.477 e. The van der Waals surface area contributed by atoms with Gasteiger partial charge in [0.2, 0.25) is 0 Å². The third-order valence-electron chi connectivity index (χ3n) is 3.14. The highest BCUT2D eigenvalue weighted by Gasteiger charge is 2.13. The number of carboxylic acids is 1. The largest absolute Gasteiger partial charge is 0.477 e. The number of hydrogen-bond donors (Lipinski definition) is 1. The molecule has 0 saturated heterocycles. The predicted molar refractivity (Wildman–Crippen MR) is 74.1 cm³/mol. The number of aryl methyl sites for hydroxylation is 1. The fourth-order valence-corrected chi connectivity index (χ4v) is 1.94. The van der Waals surface area contributed by atoms with Crippen LogP contribution in [0.5, 0.6) is 0 Å². The van der Waals surface area contributed by atoms with Gasteiger partial charge in [0, 0.05) is 17.9 Å². The van der Waals surface area contributed by atoms with Crippen molar-refractivity contribution in [2.45, 2.75) is 33.4 Å². The van der Waals surface area contributed by atoms with Gasteiger partial charge in [0.25, 0.3) is 5.56 Å². The summed E-state index contributed by atoms with van der Waals surface area (Å²) in [5.74, 6) is -1.21. The van der Waals surface area contributed by atoms with E-state index in [9.17, 15) is 9.59 Å². The standard InChI is InChI=1S/C14H17N3O3/c1-9(2)17-7-6-11(15-17)8-16-10(3)4-5-12(13(16)18)14(19)20/h4-7,9H,8H2,1-3H3,(H,19,20). The Hall–Kier alpha value is -2.37. The summed E-state index contributed by atoms with van der Waals surface area (Å²) in [6.07, 6.45) is 1.85. The fourth-order valence-electron chi connectivity index (χ4n) is 1.94. The lowest BCUT2D eigenvalue weighted by molar-refractivity contribution is 0.0694. The average Bonchev–Trinajstić information content (AvgIpc) is 2.82. The van der Waals surface area contributed by atoms with Gasteiger partial charge >= 0.3 is 5.97 Å². The normalized spacial score (nSPS) is 11.0. The van der Waals surface area contributed by atoms with Gasteiger partial charge < -0.3 is 9.67 Å². The summed E-state index contributed by atoms with van der Waals surface area (Å²) in [5, 5.41) is 13.4. The molecule has 2 aromatic heterocycles. The Morgan fingerprint density at radius 2 is 2.05 bits per heavy atom. The summed E-state index contributed by atoms with van der Waals surface area (Å²) in [4.78, 5) is 23.1. The molecule has 20 heavy (non-hydrogen) atoms. The zero-order valence-electron chi connectivity index (χ0n) is 11.7. The van der Waals surface area contributed by atoms with Gasteiger partial charge in [0.15, 0.2) is 0 Å². The van der Waals surface area contributed by atoms with Crippen LogP contribution in [0.15, 0.2) is 29.2 Å². The predicted octanol–water partition coefficient (Wildman–Crippen LogP) is 1.68. The van der Waals surface area contributed by atoms with Crippen molar-refractivity contribution >= 4 is 5.97 Å².